The van der Waals surface area contributed by atoms with Crippen molar-refractivity contribution in [2.45, 2.75) is 20.3 Å². The Morgan fingerprint density at radius 1 is 1.25 bits per heavy atom. The number of pyridine rings is 1. The summed E-state index contributed by atoms with van der Waals surface area (Å²) in [6.45, 7) is 7.65. The Hall–Kier alpha value is -1.29. The third kappa shape index (κ3) is 4.49. The number of rotatable bonds is 8. The Labute approximate surface area is 97.4 Å². The maximum Gasteiger partial charge on any atom is 0.168 e. The number of anilines is 1. The number of ether oxygens (including phenoxy) is 1. The van der Waals surface area contributed by atoms with Crippen LogP contribution >= 0.6 is 0 Å². The molecule has 0 unspecified atom stereocenters. The van der Waals surface area contributed by atoms with Crippen molar-refractivity contribution >= 4 is 5.82 Å². The van der Waals surface area contributed by atoms with E-state index in [4.69, 9.17) is 4.74 Å². The summed E-state index contributed by atoms with van der Waals surface area (Å²) >= 11 is 0. The normalized spacial score (nSPS) is 10.1. The zero-order chi connectivity index (χ0) is 11.6. The van der Waals surface area contributed by atoms with Crippen LogP contribution in [0, 0.1) is 0 Å². The van der Waals surface area contributed by atoms with Gasteiger partial charge in [0.05, 0.1) is 6.61 Å². The molecule has 1 aromatic heterocycles. The maximum absolute atomic E-state index is 5.47. The molecular weight excluding hydrogens is 202 g/mol. The van der Waals surface area contributed by atoms with Gasteiger partial charge in [-0.25, -0.2) is 4.98 Å². The zero-order valence-corrected chi connectivity index (χ0v) is 10.1. The molecule has 4 nitrogen and oxygen atoms in total. The lowest BCUT2D eigenvalue weighted by Gasteiger charge is -2.11. The molecule has 1 aromatic rings. The molecule has 0 aliphatic heterocycles. The van der Waals surface area contributed by atoms with Gasteiger partial charge in [-0.15, -0.1) is 0 Å². The minimum atomic E-state index is 0.661. The molecule has 90 valence electrons. The summed E-state index contributed by atoms with van der Waals surface area (Å²) in [5.74, 6) is 1.64. The predicted octanol–water partition coefficient (Wildman–Crippen LogP) is 1.89. The summed E-state index contributed by atoms with van der Waals surface area (Å²) in [6, 6.07) is 3.81. The second-order valence-corrected chi connectivity index (χ2v) is 3.46. The molecule has 0 aliphatic rings. The van der Waals surface area contributed by atoms with Crippen LogP contribution in [0.4, 0.5) is 5.82 Å². The molecule has 0 fully saturated rings. The molecule has 0 saturated carbocycles. The van der Waals surface area contributed by atoms with Gasteiger partial charge in [-0.05, 0) is 32.0 Å². The van der Waals surface area contributed by atoms with E-state index in [0.29, 0.717) is 6.61 Å². The lowest BCUT2D eigenvalue weighted by Crippen LogP contribution is -2.23. The van der Waals surface area contributed by atoms with E-state index in [-0.39, 0.29) is 0 Å². The summed E-state index contributed by atoms with van der Waals surface area (Å²) in [7, 11) is 0. The van der Waals surface area contributed by atoms with Crippen molar-refractivity contribution in [3.63, 3.8) is 0 Å². The van der Waals surface area contributed by atoms with Crippen LogP contribution in [0.3, 0.4) is 0 Å². The Morgan fingerprint density at radius 3 is 2.88 bits per heavy atom. The quantitative estimate of drug-likeness (QED) is 0.661. The molecule has 0 aliphatic carbocycles. The van der Waals surface area contributed by atoms with Crippen molar-refractivity contribution in [3.05, 3.63) is 18.3 Å². The summed E-state index contributed by atoms with van der Waals surface area (Å²) in [5.41, 5.74) is 0. The van der Waals surface area contributed by atoms with E-state index < -0.39 is 0 Å². The largest absolute Gasteiger partial charge is 0.490 e. The number of nitrogens with zero attached hydrogens (tertiary/aromatic N) is 1. The first kappa shape index (κ1) is 12.8. The van der Waals surface area contributed by atoms with Crippen molar-refractivity contribution in [1.82, 2.24) is 10.3 Å². The first-order valence-corrected chi connectivity index (χ1v) is 5.90. The zero-order valence-electron chi connectivity index (χ0n) is 10.1. The molecule has 1 heterocycles. The van der Waals surface area contributed by atoms with Gasteiger partial charge >= 0.3 is 0 Å². The van der Waals surface area contributed by atoms with Crippen LogP contribution < -0.4 is 15.4 Å². The molecule has 0 spiro atoms. The monoisotopic (exact) mass is 223 g/mol. The van der Waals surface area contributed by atoms with Crippen LogP contribution in [-0.2, 0) is 0 Å². The van der Waals surface area contributed by atoms with Gasteiger partial charge in [-0.1, -0.05) is 6.92 Å². The Bertz CT molecular complexity index is 291. The van der Waals surface area contributed by atoms with Crippen LogP contribution in [0.1, 0.15) is 20.3 Å². The minimum absolute atomic E-state index is 0.661. The Kier molecular flexibility index (Phi) is 6.33. The van der Waals surface area contributed by atoms with Gasteiger partial charge in [0.15, 0.2) is 11.6 Å². The smallest absolute Gasteiger partial charge is 0.168 e. The Morgan fingerprint density at radius 2 is 2.12 bits per heavy atom. The van der Waals surface area contributed by atoms with Crippen molar-refractivity contribution in [2.75, 3.05) is 31.6 Å². The van der Waals surface area contributed by atoms with E-state index in [0.717, 1.165) is 37.6 Å². The van der Waals surface area contributed by atoms with E-state index >= 15 is 0 Å². The molecule has 0 aromatic carbocycles. The summed E-state index contributed by atoms with van der Waals surface area (Å²) in [6.07, 6.45) is 2.93. The molecule has 1 rings (SSSR count). The van der Waals surface area contributed by atoms with Gasteiger partial charge in [-0.3, -0.25) is 0 Å². The van der Waals surface area contributed by atoms with Crippen molar-refractivity contribution < 1.29 is 4.74 Å². The minimum Gasteiger partial charge on any atom is -0.490 e. The van der Waals surface area contributed by atoms with Crippen LogP contribution in [0.15, 0.2) is 18.3 Å². The maximum atomic E-state index is 5.47. The summed E-state index contributed by atoms with van der Waals surface area (Å²) < 4.78 is 5.47. The topological polar surface area (TPSA) is 46.2 Å². The number of hydrogen-bond donors (Lipinski definition) is 2. The fourth-order valence-electron chi connectivity index (χ4n) is 1.37. The standard InChI is InChI=1S/C12H21N3O/c1-3-7-13-9-10-15-12-11(16-4-2)6-5-8-14-12/h5-6,8,13H,3-4,7,9-10H2,1-2H3,(H,14,15). The summed E-state index contributed by atoms with van der Waals surface area (Å²) in [4.78, 5) is 4.25. The summed E-state index contributed by atoms with van der Waals surface area (Å²) in [5, 5.41) is 6.58. The van der Waals surface area contributed by atoms with Gasteiger partial charge in [0.25, 0.3) is 0 Å². The van der Waals surface area contributed by atoms with Crippen molar-refractivity contribution in [3.8, 4) is 5.75 Å². The molecule has 2 N–H and O–H groups in total. The lowest BCUT2D eigenvalue weighted by molar-refractivity contribution is 0.340. The molecular formula is C12H21N3O. The molecule has 4 heteroatoms. The molecule has 0 atom stereocenters. The van der Waals surface area contributed by atoms with E-state index in [1.807, 2.05) is 19.1 Å². The van der Waals surface area contributed by atoms with E-state index in [2.05, 4.69) is 22.5 Å². The fourth-order valence-corrected chi connectivity index (χ4v) is 1.37. The second kappa shape index (κ2) is 7.93. The van der Waals surface area contributed by atoms with Crippen LogP contribution in [0.5, 0.6) is 5.75 Å². The SMILES string of the molecule is CCCNCCNc1ncccc1OCC. The molecule has 0 amide bonds. The van der Waals surface area contributed by atoms with Crippen molar-refractivity contribution in [1.29, 1.82) is 0 Å². The average Bonchev–Trinajstić information content (AvgIpc) is 2.31. The lowest BCUT2D eigenvalue weighted by atomic mass is 10.4. The molecule has 0 saturated heterocycles. The highest BCUT2D eigenvalue weighted by molar-refractivity contribution is 5.49. The second-order valence-electron chi connectivity index (χ2n) is 3.46. The van der Waals surface area contributed by atoms with E-state index in [1.54, 1.807) is 6.20 Å². The van der Waals surface area contributed by atoms with Crippen LogP contribution in [-0.4, -0.2) is 31.2 Å². The van der Waals surface area contributed by atoms with Gasteiger partial charge in [0.1, 0.15) is 0 Å². The first-order valence-electron chi connectivity index (χ1n) is 5.90. The average molecular weight is 223 g/mol. The molecule has 0 bridgehead atoms. The predicted molar refractivity (Wildman–Crippen MR) is 67.1 cm³/mol. The van der Waals surface area contributed by atoms with Crippen LogP contribution in [0.25, 0.3) is 0 Å². The number of hydrogen-bond acceptors (Lipinski definition) is 4. The highest BCUT2D eigenvalue weighted by Crippen LogP contribution is 2.19. The van der Waals surface area contributed by atoms with E-state index in [9.17, 15) is 0 Å². The fraction of sp³-hybridized carbons (Fsp3) is 0.583. The van der Waals surface area contributed by atoms with Gasteiger partial charge in [-0.2, -0.15) is 0 Å². The van der Waals surface area contributed by atoms with Crippen LogP contribution in [0.2, 0.25) is 0 Å². The van der Waals surface area contributed by atoms with Gasteiger partial charge < -0.3 is 15.4 Å². The highest BCUT2D eigenvalue weighted by Gasteiger charge is 2.01. The van der Waals surface area contributed by atoms with Gasteiger partial charge in [0, 0.05) is 19.3 Å². The Balaban J connectivity index is 2.34. The third-order valence-corrected chi connectivity index (χ3v) is 2.09. The number of aromatic nitrogens is 1. The molecule has 16 heavy (non-hydrogen) atoms. The number of nitrogens with one attached hydrogen (secondary N) is 2. The third-order valence-electron chi connectivity index (χ3n) is 2.09. The highest BCUT2D eigenvalue weighted by atomic mass is 16.5. The molecule has 0 radical (unpaired) electrons. The first-order chi connectivity index (χ1) is 7.88. The van der Waals surface area contributed by atoms with Gasteiger partial charge in [0.2, 0.25) is 0 Å². The van der Waals surface area contributed by atoms with E-state index in [1.165, 1.54) is 0 Å². The van der Waals surface area contributed by atoms with Crippen molar-refractivity contribution in [2.24, 2.45) is 0 Å².